The van der Waals surface area contributed by atoms with E-state index in [1.165, 1.54) is 0 Å². The molecular weight excluding hydrogens is 254 g/mol. The van der Waals surface area contributed by atoms with E-state index in [0.29, 0.717) is 13.0 Å². The van der Waals surface area contributed by atoms with Crippen LogP contribution in [0.5, 0.6) is 0 Å². The van der Waals surface area contributed by atoms with Crippen molar-refractivity contribution in [3.05, 3.63) is 35.4 Å². The number of carbonyl (C=O) groups excluding carboxylic acids is 2. The summed E-state index contributed by atoms with van der Waals surface area (Å²) in [5.74, 6) is -0.0939. The number of amides is 2. The molecule has 5 nitrogen and oxygen atoms in total. The van der Waals surface area contributed by atoms with Crippen molar-refractivity contribution in [1.82, 2.24) is 10.6 Å². The van der Waals surface area contributed by atoms with Gasteiger partial charge in [0.1, 0.15) is 0 Å². The van der Waals surface area contributed by atoms with Gasteiger partial charge in [-0.2, -0.15) is 0 Å². The molecule has 1 unspecified atom stereocenters. The number of carbonyl (C=O) groups is 2. The Labute approximate surface area is 119 Å². The molecule has 0 aromatic heterocycles. The van der Waals surface area contributed by atoms with Gasteiger partial charge in [-0.25, -0.2) is 0 Å². The topological polar surface area (TPSA) is 84.2 Å². The van der Waals surface area contributed by atoms with Gasteiger partial charge >= 0.3 is 0 Å². The zero-order valence-electron chi connectivity index (χ0n) is 12.1. The molecule has 0 aliphatic carbocycles. The summed E-state index contributed by atoms with van der Waals surface area (Å²) in [5.41, 5.74) is 7.40. The third kappa shape index (κ3) is 5.84. The molecular formula is C15H23N3O2. The van der Waals surface area contributed by atoms with Crippen LogP contribution in [0.1, 0.15) is 31.4 Å². The number of nitrogens with one attached hydrogen (secondary N) is 2. The largest absolute Gasteiger partial charge is 0.353 e. The zero-order chi connectivity index (χ0) is 15.0. The van der Waals surface area contributed by atoms with Gasteiger partial charge in [0.25, 0.3) is 0 Å². The van der Waals surface area contributed by atoms with Crippen molar-refractivity contribution in [3.8, 4) is 0 Å². The van der Waals surface area contributed by atoms with E-state index in [-0.39, 0.29) is 24.4 Å². The average molecular weight is 277 g/mol. The molecule has 20 heavy (non-hydrogen) atoms. The van der Waals surface area contributed by atoms with Crippen LogP contribution in [0, 0.1) is 0 Å². The summed E-state index contributed by atoms with van der Waals surface area (Å²) in [4.78, 5) is 22.3. The molecule has 110 valence electrons. The highest BCUT2D eigenvalue weighted by Crippen LogP contribution is 2.07. The van der Waals surface area contributed by atoms with Crippen molar-refractivity contribution in [2.45, 2.75) is 39.3 Å². The molecule has 5 heteroatoms. The highest BCUT2D eigenvalue weighted by Gasteiger charge is 2.06. The van der Waals surface area contributed by atoms with Gasteiger partial charge < -0.3 is 16.4 Å². The molecule has 2 amide bonds. The maximum Gasteiger partial charge on any atom is 0.234 e. The lowest BCUT2D eigenvalue weighted by atomic mass is 10.0. The molecule has 0 heterocycles. The molecule has 1 aromatic rings. The molecule has 1 atom stereocenters. The first-order valence-electron chi connectivity index (χ1n) is 6.89. The van der Waals surface area contributed by atoms with E-state index in [4.69, 9.17) is 5.73 Å². The predicted molar refractivity (Wildman–Crippen MR) is 78.9 cm³/mol. The Morgan fingerprint density at radius 3 is 2.30 bits per heavy atom. The first kappa shape index (κ1) is 16.2. The number of hydrogen-bond acceptors (Lipinski definition) is 3. The SMILES string of the molecule is CCC(=O)NC(C)Cc1ccc(CNC(=O)CN)cc1. The highest BCUT2D eigenvalue weighted by atomic mass is 16.2. The monoisotopic (exact) mass is 277 g/mol. The van der Waals surface area contributed by atoms with Gasteiger partial charge in [-0.15, -0.1) is 0 Å². The van der Waals surface area contributed by atoms with E-state index < -0.39 is 0 Å². The van der Waals surface area contributed by atoms with E-state index >= 15 is 0 Å². The van der Waals surface area contributed by atoms with Crippen molar-refractivity contribution < 1.29 is 9.59 Å². The Kier molecular flexibility index (Phi) is 6.73. The Balaban J connectivity index is 2.45. The minimum atomic E-state index is -0.162. The molecule has 0 radical (unpaired) electrons. The number of benzene rings is 1. The van der Waals surface area contributed by atoms with Crippen molar-refractivity contribution in [3.63, 3.8) is 0 Å². The van der Waals surface area contributed by atoms with Crippen LogP contribution in [0.3, 0.4) is 0 Å². The molecule has 0 fully saturated rings. The Bertz CT molecular complexity index is 443. The van der Waals surface area contributed by atoms with E-state index in [0.717, 1.165) is 17.5 Å². The van der Waals surface area contributed by atoms with Crippen LogP contribution in [0.2, 0.25) is 0 Å². The van der Waals surface area contributed by atoms with E-state index in [9.17, 15) is 9.59 Å². The smallest absolute Gasteiger partial charge is 0.234 e. The summed E-state index contributed by atoms with van der Waals surface area (Å²) < 4.78 is 0. The summed E-state index contributed by atoms with van der Waals surface area (Å²) in [6, 6.07) is 8.09. The van der Waals surface area contributed by atoms with Gasteiger partial charge in [0.05, 0.1) is 6.54 Å². The predicted octanol–water partition coefficient (Wildman–Crippen LogP) is 0.719. The summed E-state index contributed by atoms with van der Waals surface area (Å²) in [6.07, 6.45) is 1.30. The van der Waals surface area contributed by atoms with Crippen molar-refractivity contribution in [2.24, 2.45) is 5.73 Å². The normalized spacial score (nSPS) is 11.8. The Morgan fingerprint density at radius 1 is 1.15 bits per heavy atom. The van der Waals surface area contributed by atoms with Crippen LogP contribution in [-0.2, 0) is 22.6 Å². The van der Waals surface area contributed by atoms with E-state index in [1.54, 1.807) is 0 Å². The second-order valence-corrected chi connectivity index (χ2v) is 4.82. The highest BCUT2D eigenvalue weighted by molar-refractivity contribution is 5.77. The first-order chi connectivity index (χ1) is 9.55. The Morgan fingerprint density at radius 2 is 1.75 bits per heavy atom. The number of rotatable bonds is 7. The lowest BCUT2D eigenvalue weighted by Crippen LogP contribution is -2.33. The maximum atomic E-state index is 11.3. The number of hydrogen-bond donors (Lipinski definition) is 3. The van der Waals surface area contributed by atoms with Gasteiger partial charge in [0, 0.05) is 19.0 Å². The van der Waals surface area contributed by atoms with E-state index in [1.807, 2.05) is 38.1 Å². The van der Waals surface area contributed by atoms with Crippen LogP contribution in [-0.4, -0.2) is 24.4 Å². The number of nitrogens with two attached hydrogens (primary N) is 1. The van der Waals surface area contributed by atoms with Gasteiger partial charge in [-0.1, -0.05) is 31.2 Å². The second kappa shape index (κ2) is 8.32. The third-order valence-electron chi connectivity index (χ3n) is 2.97. The summed E-state index contributed by atoms with van der Waals surface area (Å²) >= 11 is 0. The molecule has 0 bridgehead atoms. The molecule has 0 saturated carbocycles. The fourth-order valence-electron chi connectivity index (χ4n) is 1.85. The fraction of sp³-hybridized carbons (Fsp3) is 0.467. The van der Waals surface area contributed by atoms with Gasteiger partial charge in [-0.3, -0.25) is 9.59 Å². The standard InChI is InChI=1S/C15H23N3O2/c1-3-14(19)18-11(2)8-12-4-6-13(7-5-12)10-17-15(20)9-16/h4-7,11H,3,8-10,16H2,1-2H3,(H,17,20)(H,18,19). The zero-order valence-corrected chi connectivity index (χ0v) is 12.1. The summed E-state index contributed by atoms with van der Waals surface area (Å²) in [7, 11) is 0. The molecule has 1 rings (SSSR count). The van der Waals surface area contributed by atoms with Crippen LogP contribution < -0.4 is 16.4 Å². The minimum Gasteiger partial charge on any atom is -0.353 e. The lowest BCUT2D eigenvalue weighted by molar-refractivity contribution is -0.121. The maximum absolute atomic E-state index is 11.3. The van der Waals surface area contributed by atoms with Crippen molar-refractivity contribution >= 4 is 11.8 Å². The second-order valence-electron chi connectivity index (χ2n) is 4.82. The van der Waals surface area contributed by atoms with Gasteiger partial charge in [0.2, 0.25) is 11.8 Å². The average Bonchev–Trinajstić information content (AvgIpc) is 2.45. The Hall–Kier alpha value is -1.88. The summed E-state index contributed by atoms with van der Waals surface area (Å²) in [5, 5.41) is 5.65. The van der Waals surface area contributed by atoms with Gasteiger partial charge in [0.15, 0.2) is 0 Å². The quantitative estimate of drug-likeness (QED) is 0.686. The van der Waals surface area contributed by atoms with Crippen molar-refractivity contribution in [2.75, 3.05) is 6.54 Å². The van der Waals surface area contributed by atoms with Gasteiger partial charge in [-0.05, 0) is 24.5 Å². The lowest BCUT2D eigenvalue weighted by Gasteiger charge is -2.13. The molecule has 0 aliphatic rings. The van der Waals surface area contributed by atoms with Crippen molar-refractivity contribution in [1.29, 1.82) is 0 Å². The molecule has 1 aromatic carbocycles. The summed E-state index contributed by atoms with van der Waals surface area (Å²) in [6.45, 7) is 4.32. The first-order valence-corrected chi connectivity index (χ1v) is 6.89. The molecule has 0 spiro atoms. The molecule has 4 N–H and O–H groups in total. The van der Waals surface area contributed by atoms with Crippen LogP contribution >= 0.6 is 0 Å². The molecule has 0 saturated heterocycles. The van der Waals surface area contributed by atoms with E-state index in [2.05, 4.69) is 10.6 Å². The van der Waals surface area contributed by atoms with Crippen LogP contribution in [0.4, 0.5) is 0 Å². The fourth-order valence-corrected chi connectivity index (χ4v) is 1.85. The minimum absolute atomic E-state index is 0.00667. The third-order valence-corrected chi connectivity index (χ3v) is 2.97. The van der Waals surface area contributed by atoms with Crippen LogP contribution in [0.25, 0.3) is 0 Å². The van der Waals surface area contributed by atoms with Crippen LogP contribution in [0.15, 0.2) is 24.3 Å². The molecule has 0 aliphatic heterocycles.